The van der Waals surface area contributed by atoms with E-state index >= 15 is 0 Å². The van der Waals surface area contributed by atoms with E-state index in [2.05, 4.69) is 43.8 Å². The van der Waals surface area contributed by atoms with E-state index in [-0.39, 0.29) is 5.57 Å². The number of nitrogens with zero attached hydrogens (tertiary/aromatic N) is 1. The van der Waals surface area contributed by atoms with E-state index in [1.165, 1.54) is 6.08 Å². The zero-order valence-electron chi connectivity index (χ0n) is 18.6. The van der Waals surface area contributed by atoms with Crippen molar-refractivity contribution in [2.75, 3.05) is 19.0 Å². The van der Waals surface area contributed by atoms with E-state index in [9.17, 15) is 10.1 Å². The second kappa shape index (κ2) is 12.4. The molecule has 3 aromatic carbocycles. The highest BCUT2D eigenvalue weighted by molar-refractivity contribution is 14.1. The van der Waals surface area contributed by atoms with Gasteiger partial charge < -0.3 is 19.5 Å². The molecule has 0 aliphatic carbocycles. The van der Waals surface area contributed by atoms with Crippen molar-refractivity contribution < 1.29 is 19.0 Å². The summed E-state index contributed by atoms with van der Waals surface area (Å²) in [6.45, 7) is 2.69. The molecule has 0 heterocycles. The van der Waals surface area contributed by atoms with Crippen LogP contribution in [0.2, 0.25) is 0 Å². The van der Waals surface area contributed by atoms with E-state index < -0.39 is 5.91 Å². The van der Waals surface area contributed by atoms with Crippen LogP contribution in [0.4, 0.5) is 5.69 Å². The first-order chi connectivity index (χ1) is 16.4. The Hall–Kier alpha value is -3.03. The van der Waals surface area contributed by atoms with E-state index in [0.717, 1.165) is 13.6 Å². The number of nitrogens with one attached hydrogen (secondary N) is 1. The fourth-order valence-electron chi connectivity index (χ4n) is 3.03. The standard InChI is InChI=1S/C26H22BrIN2O4/c1-3-33-24-14-17(13-23(28)25(24)34-16-18-6-4-5-7-22(18)27)12-19(15-29)26(31)30-20-8-10-21(32-2)11-9-20/h4-14H,3,16H2,1-2H3,(H,30,31)/b19-12+. The number of amides is 1. The van der Waals surface area contributed by atoms with Gasteiger partial charge in [0.1, 0.15) is 24.0 Å². The predicted molar refractivity (Wildman–Crippen MR) is 144 cm³/mol. The summed E-state index contributed by atoms with van der Waals surface area (Å²) in [4.78, 5) is 12.7. The van der Waals surface area contributed by atoms with Crippen molar-refractivity contribution >= 4 is 56.2 Å². The Bertz CT molecular complexity index is 1240. The zero-order chi connectivity index (χ0) is 24.5. The largest absolute Gasteiger partial charge is 0.497 e. The highest BCUT2D eigenvalue weighted by atomic mass is 127. The summed E-state index contributed by atoms with van der Waals surface area (Å²) in [7, 11) is 1.57. The minimum atomic E-state index is -0.505. The maximum absolute atomic E-state index is 12.7. The molecular weight excluding hydrogens is 611 g/mol. The van der Waals surface area contributed by atoms with Crippen molar-refractivity contribution in [1.29, 1.82) is 5.26 Å². The summed E-state index contributed by atoms with van der Waals surface area (Å²) in [6, 6.07) is 20.3. The monoisotopic (exact) mass is 632 g/mol. The zero-order valence-corrected chi connectivity index (χ0v) is 22.3. The smallest absolute Gasteiger partial charge is 0.266 e. The molecule has 0 unspecified atom stereocenters. The van der Waals surface area contributed by atoms with Crippen LogP contribution in [0.3, 0.4) is 0 Å². The number of hydrogen-bond donors (Lipinski definition) is 1. The van der Waals surface area contributed by atoms with E-state index in [1.54, 1.807) is 37.4 Å². The number of hydrogen-bond acceptors (Lipinski definition) is 5. The molecule has 0 aliphatic rings. The number of rotatable bonds is 9. The molecule has 0 fully saturated rings. The average molecular weight is 633 g/mol. The molecule has 0 atom stereocenters. The quantitative estimate of drug-likeness (QED) is 0.164. The first-order valence-electron chi connectivity index (χ1n) is 10.3. The lowest BCUT2D eigenvalue weighted by molar-refractivity contribution is -0.112. The third kappa shape index (κ3) is 6.74. The molecule has 3 aromatic rings. The second-order valence-electron chi connectivity index (χ2n) is 7.00. The number of methoxy groups -OCH3 is 1. The molecule has 3 rings (SSSR count). The van der Waals surface area contributed by atoms with Gasteiger partial charge in [-0.25, -0.2) is 0 Å². The summed E-state index contributed by atoms with van der Waals surface area (Å²) in [6.07, 6.45) is 1.53. The van der Waals surface area contributed by atoms with Gasteiger partial charge in [-0.3, -0.25) is 4.79 Å². The van der Waals surface area contributed by atoms with Gasteiger partial charge in [0.15, 0.2) is 11.5 Å². The first-order valence-corrected chi connectivity index (χ1v) is 12.2. The number of nitriles is 1. The van der Waals surface area contributed by atoms with Crippen LogP contribution >= 0.6 is 38.5 Å². The van der Waals surface area contributed by atoms with Crippen LogP contribution < -0.4 is 19.5 Å². The van der Waals surface area contributed by atoms with Crippen molar-refractivity contribution in [2.24, 2.45) is 0 Å². The Morgan fingerprint density at radius 2 is 1.88 bits per heavy atom. The van der Waals surface area contributed by atoms with Crippen molar-refractivity contribution in [3.05, 3.63) is 85.4 Å². The molecule has 6 nitrogen and oxygen atoms in total. The topological polar surface area (TPSA) is 80.6 Å². The van der Waals surface area contributed by atoms with E-state index in [4.69, 9.17) is 14.2 Å². The van der Waals surface area contributed by atoms with Crippen LogP contribution in [0, 0.1) is 14.9 Å². The second-order valence-corrected chi connectivity index (χ2v) is 9.01. The molecular formula is C26H22BrIN2O4. The minimum absolute atomic E-state index is 0.0315. The highest BCUT2D eigenvalue weighted by Gasteiger charge is 2.15. The third-order valence-electron chi connectivity index (χ3n) is 4.69. The highest BCUT2D eigenvalue weighted by Crippen LogP contribution is 2.36. The number of anilines is 1. The molecule has 1 N–H and O–H groups in total. The number of carbonyl (C=O) groups is 1. The van der Waals surface area contributed by atoms with Gasteiger partial charge in [0.05, 0.1) is 17.3 Å². The normalized spacial score (nSPS) is 10.9. The molecule has 1 amide bonds. The first kappa shape index (κ1) is 25.6. The van der Waals surface area contributed by atoms with Crippen molar-refractivity contribution in [1.82, 2.24) is 0 Å². The molecule has 0 saturated carbocycles. The molecule has 0 saturated heterocycles. The van der Waals surface area contributed by atoms with Crippen LogP contribution in [0.5, 0.6) is 17.2 Å². The number of benzene rings is 3. The molecule has 0 spiro atoms. The molecule has 0 radical (unpaired) electrons. The van der Waals surface area contributed by atoms with Crippen molar-refractivity contribution in [3.8, 4) is 23.3 Å². The third-order valence-corrected chi connectivity index (χ3v) is 6.26. The molecule has 8 heteroatoms. The van der Waals surface area contributed by atoms with Crippen LogP contribution in [0.15, 0.2) is 70.7 Å². The summed E-state index contributed by atoms with van der Waals surface area (Å²) < 4.78 is 18.8. The van der Waals surface area contributed by atoms with Gasteiger partial charge in [0, 0.05) is 15.7 Å². The molecule has 0 bridgehead atoms. The van der Waals surface area contributed by atoms with Gasteiger partial charge >= 0.3 is 0 Å². The fourth-order valence-corrected chi connectivity index (χ4v) is 4.21. The maximum atomic E-state index is 12.7. The Morgan fingerprint density at radius 3 is 2.53 bits per heavy atom. The lowest BCUT2D eigenvalue weighted by atomic mass is 10.1. The lowest BCUT2D eigenvalue weighted by Gasteiger charge is -2.15. The summed E-state index contributed by atoms with van der Waals surface area (Å²) in [5.74, 6) is 1.32. The summed E-state index contributed by atoms with van der Waals surface area (Å²) in [5, 5.41) is 12.3. The van der Waals surface area contributed by atoms with Gasteiger partial charge in [-0.2, -0.15) is 5.26 Å². The Balaban J connectivity index is 1.83. The minimum Gasteiger partial charge on any atom is -0.497 e. The average Bonchev–Trinajstić information content (AvgIpc) is 2.83. The van der Waals surface area contributed by atoms with Gasteiger partial charge in [0.25, 0.3) is 5.91 Å². The fraction of sp³-hybridized carbons (Fsp3) is 0.154. The van der Waals surface area contributed by atoms with Crippen LogP contribution in [0.25, 0.3) is 6.08 Å². The van der Waals surface area contributed by atoms with Gasteiger partial charge in [-0.15, -0.1) is 0 Å². The molecule has 34 heavy (non-hydrogen) atoms. The Morgan fingerprint density at radius 1 is 1.15 bits per heavy atom. The molecule has 0 aromatic heterocycles. The maximum Gasteiger partial charge on any atom is 0.266 e. The predicted octanol–water partition coefficient (Wildman–Crippen LogP) is 6.59. The molecule has 0 aliphatic heterocycles. The van der Waals surface area contributed by atoms with Crippen LogP contribution in [0.1, 0.15) is 18.1 Å². The van der Waals surface area contributed by atoms with Crippen molar-refractivity contribution in [2.45, 2.75) is 13.5 Å². The van der Waals surface area contributed by atoms with Crippen LogP contribution in [-0.4, -0.2) is 19.6 Å². The Kier molecular flexibility index (Phi) is 9.36. The van der Waals surface area contributed by atoms with E-state index in [0.29, 0.717) is 41.7 Å². The lowest BCUT2D eigenvalue weighted by Crippen LogP contribution is -2.13. The summed E-state index contributed by atoms with van der Waals surface area (Å²) >= 11 is 5.70. The number of carbonyl (C=O) groups excluding carboxylic acids is 1. The van der Waals surface area contributed by atoms with Crippen LogP contribution in [-0.2, 0) is 11.4 Å². The summed E-state index contributed by atoms with van der Waals surface area (Å²) in [5.41, 5.74) is 2.19. The SMILES string of the molecule is CCOc1cc(/C=C(\C#N)C(=O)Nc2ccc(OC)cc2)cc(I)c1OCc1ccccc1Br. The van der Waals surface area contributed by atoms with Gasteiger partial charge in [0.2, 0.25) is 0 Å². The van der Waals surface area contributed by atoms with Crippen molar-refractivity contribution in [3.63, 3.8) is 0 Å². The van der Waals surface area contributed by atoms with Gasteiger partial charge in [-0.1, -0.05) is 34.1 Å². The number of halogens is 2. The number of ether oxygens (including phenoxy) is 3. The van der Waals surface area contributed by atoms with E-state index in [1.807, 2.05) is 43.3 Å². The van der Waals surface area contributed by atoms with Gasteiger partial charge in [-0.05, 0) is 83.6 Å². The Labute approximate surface area is 220 Å². The molecule has 174 valence electrons.